The number of rotatable bonds is 2. The number of fused-ring (bicyclic) bond motifs is 1. The molecule has 0 spiro atoms. The van der Waals surface area contributed by atoms with Crippen LogP contribution in [0, 0.1) is 11.3 Å². The predicted octanol–water partition coefficient (Wildman–Crippen LogP) is 3.88. The Balaban J connectivity index is 1.83. The van der Waals surface area contributed by atoms with Crippen molar-refractivity contribution in [1.82, 2.24) is 4.98 Å². The number of benzodiazepines with no additional fused rings is 1. The van der Waals surface area contributed by atoms with Crippen molar-refractivity contribution < 1.29 is 0 Å². The highest BCUT2D eigenvalue weighted by Gasteiger charge is 2.15. The van der Waals surface area contributed by atoms with E-state index in [1.54, 1.807) is 12.4 Å². The lowest BCUT2D eigenvalue weighted by molar-refractivity contribution is 1.04. The molecule has 2 heterocycles. The van der Waals surface area contributed by atoms with Gasteiger partial charge in [0.1, 0.15) is 0 Å². The summed E-state index contributed by atoms with van der Waals surface area (Å²) in [6, 6.07) is 20.2. The number of pyridine rings is 1. The third kappa shape index (κ3) is 3.00. The fourth-order valence-electron chi connectivity index (χ4n) is 3.01. The predicted molar refractivity (Wildman–Crippen MR) is 99.8 cm³/mol. The van der Waals surface area contributed by atoms with Crippen LogP contribution in [0.3, 0.4) is 0 Å². The molecule has 3 aromatic rings. The summed E-state index contributed by atoms with van der Waals surface area (Å²) >= 11 is 0. The number of aliphatic imine (C=N–C) groups is 1. The smallest absolute Gasteiger partial charge is 0.0991 e. The first kappa shape index (κ1) is 15.1. The van der Waals surface area contributed by atoms with E-state index in [-0.39, 0.29) is 0 Å². The van der Waals surface area contributed by atoms with Gasteiger partial charge in [-0.3, -0.25) is 9.98 Å². The van der Waals surface area contributed by atoms with Crippen LogP contribution in [0.2, 0.25) is 0 Å². The van der Waals surface area contributed by atoms with Crippen molar-refractivity contribution in [3.05, 3.63) is 83.7 Å². The van der Waals surface area contributed by atoms with Gasteiger partial charge in [0, 0.05) is 35.8 Å². The fraction of sp³-hybridized carbons (Fsp3) is 0.0952. The van der Waals surface area contributed by atoms with Gasteiger partial charge in [0.05, 0.1) is 23.9 Å². The second-order valence-electron chi connectivity index (χ2n) is 5.84. The van der Waals surface area contributed by atoms with Crippen molar-refractivity contribution in [3.8, 4) is 17.2 Å². The number of hydrogen-bond acceptors (Lipinski definition) is 4. The zero-order chi connectivity index (χ0) is 17.1. The minimum Gasteiger partial charge on any atom is -0.383 e. The Bertz CT molecular complexity index is 967. The maximum atomic E-state index is 9.01. The van der Waals surface area contributed by atoms with E-state index in [1.807, 2.05) is 36.4 Å². The van der Waals surface area contributed by atoms with E-state index in [0.29, 0.717) is 12.1 Å². The Morgan fingerprint density at radius 3 is 2.40 bits per heavy atom. The summed E-state index contributed by atoms with van der Waals surface area (Å²) in [5, 5.41) is 12.5. The molecule has 120 valence electrons. The summed E-state index contributed by atoms with van der Waals surface area (Å²) in [6.45, 7) is 1.52. The molecule has 1 aliphatic rings. The van der Waals surface area contributed by atoms with Gasteiger partial charge in [-0.25, -0.2) is 0 Å². The SMILES string of the molecule is N#Cc1ccc(C2=NCCNc3ccc(-c4ccncc4)cc32)cc1. The van der Waals surface area contributed by atoms with Crippen LogP contribution < -0.4 is 5.32 Å². The molecule has 0 radical (unpaired) electrons. The van der Waals surface area contributed by atoms with Crippen LogP contribution in [-0.4, -0.2) is 23.8 Å². The Hall–Kier alpha value is -3.45. The van der Waals surface area contributed by atoms with E-state index in [0.717, 1.165) is 40.2 Å². The Morgan fingerprint density at radius 2 is 1.64 bits per heavy atom. The van der Waals surface area contributed by atoms with Crippen molar-refractivity contribution in [3.63, 3.8) is 0 Å². The molecule has 2 aromatic carbocycles. The van der Waals surface area contributed by atoms with Gasteiger partial charge in [-0.05, 0) is 47.5 Å². The molecule has 0 amide bonds. The number of nitrogens with zero attached hydrogens (tertiary/aromatic N) is 3. The van der Waals surface area contributed by atoms with Crippen molar-refractivity contribution >= 4 is 11.4 Å². The Labute approximate surface area is 146 Å². The second-order valence-corrected chi connectivity index (χ2v) is 5.84. The van der Waals surface area contributed by atoms with E-state index >= 15 is 0 Å². The van der Waals surface area contributed by atoms with Crippen molar-refractivity contribution in [2.45, 2.75) is 0 Å². The molecule has 4 rings (SSSR count). The van der Waals surface area contributed by atoms with E-state index in [2.05, 4.69) is 34.6 Å². The number of nitriles is 1. The molecule has 0 saturated carbocycles. The van der Waals surface area contributed by atoms with Gasteiger partial charge in [0.15, 0.2) is 0 Å². The maximum Gasteiger partial charge on any atom is 0.0991 e. The maximum absolute atomic E-state index is 9.01. The van der Waals surface area contributed by atoms with Crippen LogP contribution in [0.15, 0.2) is 72.0 Å². The highest BCUT2D eigenvalue weighted by atomic mass is 14.9. The van der Waals surface area contributed by atoms with Gasteiger partial charge in [0.25, 0.3) is 0 Å². The number of benzene rings is 2. The van der Waals surface area contributed by atoms with Crippen LogP contribution in [0.5, 0.6) is 0 Å². The fourth-order valence-corrected chi connectivity index (χ4v) is 3.01. The van der Waals surface area contributed by atoms with Gasteiger partial charge in [-0.2, -0.15) is 5.26 Å². The Morgan fingerprint density at radius 1 is 0.880 bits per heavy atom. The highest BCUT2D eigenvalue weighted by Crippen LogP contribution is 2.28. The summed E-state index contributed by atoms with van der Waals surface area (Å²) in [7, 11) is 0. The summed E-state index contributed by atoms with van der Waals surface area (Å²) in [6.07, 6.45) is 3.60. The normalized spacial score (nSPS) is 13.0. The minimum atomic E-state index is 0.654. The molecule has 25 heavy (non-hydrogen) atoms. The molecule has 0 bridgehead atoms. The third-order valence-electron chi connectivity index (χ3n) is 4.27. The summed E-state index contributed by atoms with van der Waals surface area (Å²) < 4.78 is 0. The van der Waals surface area contributed by atoms with E-state index in [1.165, 1.54) is 0 Å². The monoisotopic (exact) mass is 324 g/mol. The molecule has 0 fully saturated rings. The zero-order valence-electron chi connectivity index (χ0n) is 13.6. The first-order valence-electron chi connectivity index (χ1n) is 8.19. The molecule has 1 aromatic heterocycles. The topological polar surface area (TPSA) is 61.1 Å². The third-order valence-corrected chi connectivity index (χ3v) is 4.27. The number of anilines is 1. The molecule has 0 unspecified atom stereocenters. The molecule has 0 atom stereocenters. The van der Waals surface area contributed by atoms with E-state index in [9.17, 15) is 0 Å². The molecule has 1 aliphatic heterocycles. The number of hydrogen-bond donors (Lipinski definition) is 1. The lowest BCUT2D eigenvalue weighted by Gasteiger charge is -2.13. The van der Waals surface area contributed by atoms with Crippen LogP contribution in [0.4, 0.5) is 5.69 Å². The van der Waals surface area contributed by atoms with Crippen LogP contribution in [0.1, 0.15) is 16.7 Å². The van der Waals surface area contributed by atoms with Gasteiger partial charge in [-0.1, -0.05) is 18.2 Å². The van der Waals surface area contributed by atoms with Gasteiger partial charge < -0.3 is 5.32 Å². The van der Waals surface area contributed by atoms with Gasteiger partial charge in [0.2, 0.25) is 0 Å². The van der Waals surface area contributed by atoms with Gasteiger partial charge >= 0.3 is 0 Å². The lowest BCUT2D eigenvalue weighted by atomic mass is 9.96. The summed E-state index contributed by atoms with van der Waals surface area (Å²) in [5.41, 5.74) is 7.06. The minimum absolute atomic E-state index is 0.654. The van der Waals surface area contributed by atoms with Crippen LogP contribution in [0.25, 0.3) is 11.1 Å². The van der Waals surface area contributed by atoms with E-state index < -0.39 is 0 Å². The van der Waals surface area contributed by atoms with Crippen molar-refractivity contribution in [2.24, 2.45) is 4.99 Å². The molecular weight excluding hydrogens is 308 g/mol. The van der Waals surface area contributed by atoms with Crippen LogP contribution in [-0.2, 0) is 0 Å². The van der Waals surface area contributed by atoms with Crippen LogP contribution >= 0.6 is 0 Å². The van der Waals surface area contributed by atoms with E-state index in [4.69, 9.17) is 10.3 Å². The molecule has 1 N–H and O–H groups in total. The average molecular weight is 324 g/mol. The highest BCUT2D eigenvalue weighted by molar-refractivity contribution is 6.16. The zero-order valence-corrected chi connectivity index (χ0v) is 13.6. The summed E-state index contributed by atoms with van der Waals surface area (Å²) in [5.74, 6) is 0. The average Bonchev–Trinajstić information content (AvgIpc) is 2.90. The van der Waals surface area contributed by atoms with Crippen molar-refractivity contribution in [1.29, 1.82) is 5.26 Å². The van der Waals surface area contributed by atoms with Crippen molar-refractivity contribution in [2.75, 3.05) is 18.4 Å². The largest absolute Gasteiger partial charge is 0.383 e. The van der Waals surface area contributed by atoms with Gasteiger partial charge in [-0.15, -0.1) is 0 Å². The Kier molecular flexibility index (Phi) is 3.97. The quantitative estimate of drug-likeness (QED) is 0.778. The number of aromatic nitrogens is 1. The molecule has 4 nitrogen and oxygen atoms in total. The molecule has 4 heteroatoms. The number of nitrogens with one attached hydrogen (secondary N) is 1. The molecule has 0 saturated heterocycles. The molecule has 0 aliphatic carbocycles. The summed E-state index contributed by atoms with van der Waals surface area (Å²) in [4.78, 5) is 8.87. The standard InChI is InChI=1S/C21H16N4/c22-14-15-1-3-17(4-2-15)21-19-13-18(16-7-9-23-10-8-16)5-6-20(19)24-11-12-25-21/h1-10,13,24H,11-12H2. The first-order chi connectivity index (χ1) is 12.3. The first-order valence-corrected chi connectivity index (χ1v) is 8.19. The lowest BCUT2D eigenvalue weighted by Crippen LogP contribution is -2.06. The molecular formula is C21H16N4. The second kappa shape index (κ2) is 6.58.